The summed E-state index contributed by atoms with van der Waals surface area (Å²) in [6.07, 6.45) is 20.7. The third-order valence-corrected chi connectivity index (χ3v) is 10.7. The summed E-state index contributed by atoms with van der Waals surface area (Å²) in [5.41, 5.74) is 4.19. The minimum atomic E-state index is 0.441. The quantitative estimate of drug-likeness (QED) is 0.153. The van der Waals surface area contributed by atoms with Crippen molar-refractivity contribution in [1.29, 1.82) is 0 Å². The molecule has 0 aliphatic rings. The molecule has 0 nitrogen and oxygen atoms in total. The second-order valence-corrected chi connectivity index (χ2v) is 26.0. The first kappa shape index (κ1) is 50.1. The maximum atomic E-state index is 2.42. The average Bonchev–Trinajstić information content (AvgIpc) is 2.80. The van der Waals surface area contributed by atoms with Crippen LogP contribution in [0.1, 0.15) is 256 Å². The molecule has 0 fully saturated rings. The lowest BCUT2D eigenvalue weighted by Crippen LogP contribution is -2.28. The van der Waals surface area contributed by atoms with Gasteiger partial charge in [-0.1, -0.05) is 159 Å². The molecule has 0 bridgehead atoms. The molecule has 0 aromatic carbocycles. The van der Waals surface area contributed by atoms with Gasteiger partial charge in [-0.15, -0.1) is 0 Å². The summed E-state index contributed by atoms with van der Waals surface area (Å²) in [5, 5.41) is 0. The van der Waals surface area contributed by atoms with Crippen LogP contribution in [0.2, 0.25) is 0 Å². The number of rotatable bonds is 16. The molecular weight excluding hydrogens is 577 g/mol. The zero-order valence-electron chi connectivity index (χ0n) is 38.7. The van der Waals surface area contributed by atoms with Crippen LogP contribution in [-0.4, -0.2) is 0 Å². The fraction of sp³-hybridized carbons (Fsp3) is 1.00. The molecule has 0 rings (SSSR count). The molecule has 0 heteroatoms. The standard InChI is InChI=1S/C25H52.C23H48/c1-21(2,3)13-17-25(18-14-22(4,5)6,19-15-23(7,8)9)20-16-24(10,11)12;1-19(2)18-23(15-12-20(3,4)5,16-13-21(6,7)8)17-14-22(9,10)11/h13-20H2,1-12H3;19H,12-18H2,1-11H3. The van der Waals surface area contributed by atoms with Gasteiger partial charge in [0.1, 0.15) is 0 Å². The lowest BCUT2D eigenvalue weighted by Gasteiger charge is -2.41. The first-order valence-electron chi connectivity index (χ1n) is 20.9. The van der Waals surface area contributed by atoms with Crippen molar-refractivity contribution in [3.8, 4) is 0 Å². The minimum Gasteiger partial charge on any atom is -0.0628 e. The van der Waals surface area contributed by atoms with E-state index in [-0.39, 0.29) is 0 Å². The SMILES string of the molecule is CC(C)(C)CCC(CCC(C)(C)C)(CCC(C)(C)C)CCC(C)(C)C.CC(C)CC(CCC(C)(C)C)(CCC(C)(C)C)CCC(C)(C)C. The maximum Gasteiger partial charge on any atom is -0.0294 e. The Morgan fingerprint density at radius 1 is 0.229 bits per heavy atom. The molecule has 0 spiro atoms. The van der Waals surface area contributed by atoms with E-state index in [0.717, 1.165) is 5.92 Å². The summed E-state index contributed by atoms with van der Waals surface area (Å²) in [7, 11) is 0. The highest BCUT2D eigenvalue weighted by atomic mass is 14.4. The fourth-order valence-corrected chi connectivity index (χ4v) is 6.78. The highest BCUT2D eigenvalue weighted by Gasteiger charge is 2.36. The number of hydrogen-bond acceptors (Lipinski definition) is 0. The van der Waals surface area contributed by atoms with Crippen LogP contribution in [0, 0.1) is 54.7 Å². The van der Waals surface area contributed by atoms with Crippen LogP contribution in [0.15, 0.2) is 0 Å². The lowest BCUT2D eigenvalue weighted by atomic mass is 9.64. The lowest BCUT2D eigenvalue weighted by molar-refractivity contribution is 0.106. The maximum absolute atomic E-state index is 2.42. The van der Waals surface area contributed by atoms with Gasteiger partial charge in [0.05, 0.1) is 0 Å². The van der Waals surface area contributed by atoms with Crippen LogP contribution < -0.4 is 0 Å². The molecule has 0 unspecified atom stereocenters. The Balaban J connectivity index is 0. The Morgan fingerprint density at radius 3 is 0.500 bits per heavy atom. The summed E-state index contributed by atoms with van der Waals surface area (Å²) in [6.45, 7) is 55.4. The topological polar surface area (TPSA) is 0 Å². The minimum absolute atomic E-state index is 0.441. The van der Waals surface area contributed by atoms with E-state index in [0.29, 0.717) is 48.7 Å². The molecule has 0 aliphatic heterocycles. The Morgan fingerprint density at radius 2 is 0.375 bits per heavy atom. The molecule has 48 heavy (non-hydrogen) atoms. The first-order valence-corrected chi connectivity index (χ1v) is 20.9. The Labute approximate surface area is 309 Å². The van der Waals surface area contributed by atoms with Gasteiger partial charge in [0, 0.05) is 0 Å². The van der Waals surface area contributed by atoms with Crippen molar-refractivity contribution < 1.29 is 0 Å². The van der Waals surface area contributed by atoms with Gasteiger partial charge in [0.2, 0.25) is 0 Å². The predicted molar refractivity (Wildman–Crippen MR) is 225 cm³/mol. The van der Waals surface area contributed by atoms with Gasteiger partial charge in [-0.25, -0.2) is 0 Å². The summed E-state index contributed by atoms with van der Waals surface area (Å²) < 4.78 is 0. The van der Waals surface area contributed by atoms with Gasteiger partial charge < -0.3 is 0 Å². The second kappa shape index (κ2) is 19.2. The largest absolute Gasteiger partial charge is 0.0628 e. The molecule has 0 N–H and O–H groups in total. The van der Waals surface area contributed by atoms with E-state index in [2.05, 4.69) is 159 Å². The molecule has 0 aromatic rings. The van der Waals surface area contributed by atoms with E-state index < -0.39 is 0 Å². The van der Waals surface area contributed by atoms with Gasteiger partial charge in [-0.3, -0.25) is 0 Å². The van der Waals surface area contributed by atoms with Crippen LogP contribution in [0.4, 0.5) is 0 Å². The van der Waals surface area contributed by atoms with Gasteiger partial charge in [-0.2, -0.15) is 0 Å². The van der Waals surface area contributed by atoms with Crippen LogP contribution in [0.3, 0.4) is 0 Å². The van der Waals surface area contributed by atoms with Crippen molar-refractivity contribution in [1.82, 2.24) is 0 Å². The average molecular weight is 677 g/mol. The van der Waals surface area contributed by atoms with E-state index in [4.69, 9.17) is 0 Å². The van der Waals surface area contributed by atoms with Crippen LogP contribution in [0.5, 0.6) is 0 Å². The van der Waals surface area contributed by atoms with Crippen molar-refractivity contribution in [2.24, 2.45) is 54.7 Å². The molecule has 0 amide bonds. The monoisotopic (exact) mass is 677 g/mol. The van der Waals surface area contributed by atoms with E-state index in [1.807, 2.05) is 0 Å². The van der Waals surface area contributed by atoms with E-state index in [9.17, 15) is 0 Å². The zero-order chi connectivity index (χ0) is 38.7. The smallest absolute Gasteiger partial charge is 0.0294 e. The predicted octanol–water partition coefficient (Wildman–Crippen LogP) is 17.8. The summed E-state index contributed by atoms with van der Waals surface area (Å²) in [5.74, 6) is 0.801. The fourth-order valence-electron chi connectivity index (χ4n) is 6.78. The Bertz CT molecular complexity index is 693. The Kier molecular flexibility index (Phi) is 20.0. The van der Waals surface area contributed by atoms with Crippen LogP contribution in [0.25, 0.3) is 0 Å². The molecule has 0 aliphatic carbocycles. The van der Waals surface area contributed by atoms with Crippen LogP contribution >= 0.6 is 0 Å². The summed E-state index contributed by atoms with van der Waals surface area (Å²) in [4.78, 5) is 0. The van der Waals surface area contributed by atoms with Crippen molar-refractivity contribution in [3.63, 3.8) is 0 Å². The molecule has 0 heterocycles. The zero-order valence-corrected chi connectivity index (χ0v) is 38.7. The summed E-state index contributed by atoms with van der Waals surface area (Å²) >= 11 is 0. The molecular formula is C48H100. The van der Waals surface area contributed by atoms with E-state index >= 15 is 0 Å². The van der Waals surface area contributed by atoms with Crippen molar-refractivity contribution in [3.05, 3.63) is 0 Å². The molecule has 0 saturated carbocycles. The Hall–Kier alpha value is 0. The van der Waals surface area contributed by atoms with Crippen molar-refractivity contribution in [2.75, 3.05) is 0 Å². The van der Waals surface area contributed by atoms with Gasteiger partial charge in [0.15, 0.2) is 0 Å². The van der Waals surface area contributed by atoms with Crippen LogP contribution in [-0.2, 0) is 0 Å². The van der Waals surface area contributed by atoms with E-state index in [1.165, 1.54) is 96.3 Å². The molecule has 0 radical (unpaired) electrons. The summed E-state index contributed by atoms with van der Waals surface area (Å²) in [6, 6.07) is 0. The second-order valence-electron chi connectivity index (χ2n) is 26.0. The molecule has 0 aromatic heterocycles. The van der Waals surface area contributed by atoms with Gasteiger partial charge in [-0.05, 0) is 151 Å². The highest BCUT2D eigenvalue weighted by molar-refractivity contribution is 4.88. The highest BCUT2D eigenvalue weighted by Crippen LogP contribution is 2.49. The van der Waals surface area contributed by atoms with Gasteiger partial charge >= 0.3 is 0 Å². The molecule has 0 atom stereocenters. The number of hydrogen-bond donors (Lipinski definition) is 0. The van der Waals surface area contributed by atoms with E-state index in [1.54, 1.807) is 0 Å². The third-order valence-electron chi connectivity index (χ3n) is 10.7. The first-order chi connectivity index (χ1) is 20.9. The molecule has 0 saturated heterocycles. The van der Waals surface area contributed by atoms with Gasteiger partial charge in [0.25, 0.3) is 0 Å². The van der Waals surface area contributed by atoms with Crippen molar-refractivity contribution in [2.45, 2.75) is 256 Å². The molecule has 292 valence electrons. The van der Waals surface area contributed by atoms with Crippen molar-refractivity contribution >= 4 is 0 Å². The third kappa shape index (κ3) is 31.9. The normalized spacial score (nSPS) is 14.8.